The van der Waals surface area contributed by atoms with Crippen molar-refractivity contribution in [3.8, 4) is 0 Å². The predicted molar refractivity (Wildman–Crippen MR) is 224 cm³/mol. The Bertz CT molecular complexity index is 2070. The SMILES string of the molecule is COC(=O)C1O[C@@H](O[C@@H]2C(COC(=O)c3ccccc3)OC(C)C(N=[N+]=[N-])[C@H]2C)C(OCc2ccccc2)[C@@H](C)[C@@H]1O[C@@H]1OC(COC(=O)c2ccccc2)[C@@H](C)[C@H](C)C1N=[N+]=[N-]. The number of hydrogen-bond donors (Lipinski definition) is 0. The van der Waals surface area contributed by atoms with Crippen LogP contribution in [0.3, 0.4) is 0 Å². The van der Waals surface area contributed by atoms with E-state index in [2.05, 4.69) is 20.1 Å². The summed E-state index contributed by atoms with van der Waals surface area (Å²) in [4.78, 5) is 45.9. The van der Waals surface area contributed by atoms with Crippen molar-refractivity contribution in [2.75, 3.05) is 20.3 Å². The van der Waals surface area contributed by atoms with Gasteiger partial charge in [0.25, 0.3) is 0 Å². The summed E-state index contributed by atoms with van der Waals surface area (Å²) < 4.78 is 56.1. The molecule has 3 heterocycles. The number of ether oxygens (including phenoxy) is 9. The molecule has 18 nitrogen and oxygen atoms in total. The summed E-state index contributed by atoms with van der Waals surface area (Å²) in [5.41, 5.74) is 20.7. The van der Waals surface area contributed by atoms with Gasteiger partial charge in [0.1, 0.15) is 31.5 Å². The van der Waals surface area contributed by atoms with E-state index in [1.54, 1.807) is 74.5 Å². The summed E-state index contributed by atoms with van der Waals surface area (Å²) in [5.74, 6) is -3.71. The molecule has 0 spiro atoms. The van der Waals surface area contributed by atoms with Crippen molar-refractivity contribution >= 4 is 17.9 Å². The number of carbonyl (C=O) groups is 3. The first-order valence-electron chi connectivity index (χ1n) is 21.0. The molecule has 0 saturated carbocycles. The summed E-state index contributed by atoms with van der Waals surface area (Å²) in [7, 11) is 1.21. The minimum absolute atomic E-state index is 0.104. The van der Waals surface area contributed by atoms with Gasteiger partial charge in [-0.2, -0.15) is 0 Å². The lowest BCUT2D eigenvalue weighted by atomic mass is 9.82. The topological polar surface area (TPSA) is 232 Å². The second kappa shape index (κ2) is 22.2. The molecule has 18 heteroatoms. The fourth-order valence-corrected chi connectivity index (χ4v) is 8.35. The van der Waals surface area contributed by atoms with Crippen LogP contribution in [0.4, 0.5) is 0 Å². The average Bonchev–Trinajstić information content (AvgIpc) is 3.30. The first kappa shape index (κ1) is 46.9. The van der Waals surface area contributed by atoms with E-state index < -0.39 is 97.1 Å². The Morgan fingerprint density at radius 2 is 1.14 bits per heavy atom. The number of azide groups is 2. The Balaban J connectivity index is 1.30. The van der Waals surface area contributed by atoms with Gasteiger partial charge < -0.3 is 42.6 Å². The highest BCUT2D eigenvalue weighted by molar-refractivity contribution is 5.89. The van der Waals surface area contributed by atoms with Crippen LogP contribution in [-0.2, 0) is 54.0 Å². The summed E-state index contributed by atoms with van der Waals surface area (Å²) >= 11 is 0. The number of hydrogen-bond acceptors (Lipinski definition) is 14. The van der Waals surface area contributed by atoms with Crippen LogP contribution in [0.15, 0.2) is 101 Å². The van der Waals surface area contributed by atoms with Gasteiger partial charge in [0.05, 0.1) is 55.2 Å². The highest BCUT2D eigenvalue weighted by Gasteiger charge is 2.54. The molecule has 0 radical (unpaired) electrons. The third-order valence-corrected chi connectivity index (χ3v) is 12.2. The maximum atomic E-state index is 13.8. The van der Waals surface area contributed by atoms with Crippen LogP contribution in [0.1, 0.15) is 60.9 Å². The van der Waals surface area contributed by atoms with Gasteiger partial charge in [-0.15, -0.1) is 0 Å². The van der Waals surface area contributed by atoms with E-state index in [1.807, 2.05) is 51.1 Å². The van der Waals surface area contributed by atoms with E-state index in [9.17, 15) is 25.4 Å². The Hall–Kier alpha value is -5.55. The van der Waals surface area contributed by atoms with Crippen molar-refractivity contribution in [2.24, 2.45) is 33.9 Å². The maximum absolute atomic E-state index is 13.8. The summed E-state index contributed by atoms with van der Waals surface area (Å²) in [6, 6.07) is 24.9. The van der Waals surface area contributed by atoms with Crippen LogP contribution >= 0.6 is 0 Å². The first-order valence-corrected chi connectivity index (χ1v) is 21.0. The molecule has 0 N–H and O–H groups in total. The number of nitrogens with zero attached hydrogens (tertiary/aromatic N) is 6. The Kier molecular flexibility index (Phi) is 16.5. The molecule has 7 unspecified atom stereocenters. The summed E-state index contributed by atoms with van der Waals surface area (Å²) in [5, 5.41) is 8.07. The molecule has 3 fully saturated rings. The van der Waals surface area contributed by atoms with Crippen molar-refractivity contribution in [2.45, 2.75) is 109 Å². The lowest BCUT2D eigenvalue weighted by Crippen LogP contribution is -2.63. The van der Waals surface area contributed by atoms with E-state index in [4.69, 9.17) is 42.6 Å². The summed E-state index contributed by atoms with van der Waals surface area (Å²) in [6.45, 7) is 8.93. The summed E-state index contributed by atoms with van der Waals surface area (Å²) in [6.07, 6.45) is -9.11. The number of carbonyl (C=O) groups excluding carboxylic acids is 3. The fourth-order valence-electron chi connectivity index (χ4n) is 8.35. The second-order valence-electron chi connectivity index (χ2n) is 16.1. The molecule has 3 aliphatic heterocycles. The van der Waals surface area contributed by atoms with Gasteiger partial charge in [0.2, 0.25) is 0 Å². The van der Waals surface area contributed by atoms with Gasteiger partial charge in [-0.25, -0.2) is 14.4 Å². The third kappa shape index (κ3) is 11.3. The molecular weight excluding hydrogens is 817 g/mol. The lowest BCUT2D eigenvalue weighted by Gasteiger charge is -2.50. The molecule has 3 aromatic rings. The number of esters is 3. The Labute approximate surface area is 365 Å². The largest absolute Gasteiger partial charge is 0.467 e. The van der Waals surface area contributed by atoms with E-state index in [0.717, 1.165) is 5.56 Å². The maximum Gasteiger partial charge on any atom is 0.338 e. The van der Waals surface area contributed by atoms with Gasteiger partial charge in [-0.1, -0.05) is 105 Å². The van der Waals surface area contributed by atoms with Gasteiger partial charge in [-0.05, 0) is 65.6 Å². The van der Waals surface area contributed by atoms with Crippen molar-refractivity contribution in [1.29, 1.82) is 0 Å². The molecule has 336 valence electrons. The molecule has 0 amide bonds. The zero-order chi connectivity index (χ0) is 45.0. The molecule has 0 aromatic heterocycles. The molecule has 0 aliphatic carbocycles. The van der Waals surface area contributed by atoms with Crippen LogP contribution in [-0.4, -0.2) is 106 Å². The fraction of sp³-hybridized carbons (Fsp3) is 0.533. The van der Waals surface area contributed by atoms with Crippen molar-refractivity contribution < 1.29 is 57.0 Å². The van der Waals surface area contributed by atoms with E-state index in [-0.39, 0.29) is 31.7 Å². The van der Waals surface area contributed by atoms with E-state index in [1.165, 1.54) is 7.11 Å². The molecule has 15 atom stereocenters. The molecular formula is C45H54N6O12. The zero-order valence-electron chi connectivity index (χ0n) is 36.0. The quantitative estimate of drug-likeness (QED) is 0.0451. The highest BCUT2D eigenvalue weighted by atomic mass is 16.7. The molecule has 3 saturated heterocycles. The van der Waals surface area contributed by atoms with Crippen LogP contribution in [0.25, 0.3) is 20.9 Å². The monoisotopic (exact) mass is 870 g/mol. The Morgan fingerprint density at radius 3 is 1.71 bits per heavy atom. The number of benzene rings is 3. The van der Waals surface area contributed by atoms with Crippen LogP contribution < -0.4 is 0 Å². The zero-order valence-corrected chi connectivity index (χ0v) is 36.0. The smallest absolute Gasteiger partial charge is 0.338 e. The van der Waals surface area contributed by atoms with Crippen molar-refractivity contribution in [3.63, 3.8) is 0 Å². The lowest BCUT2D eigenvalue weighted by molar-refractivity contribution is -0.347. The van der Waals surface area contributed by atoms with Crippen molar-refractivity contribution in [1.82, 2.24) is 0 Å². The van der Waals surface area contributed by atoms with E-state index in [0.29, 0.717) is 11.1 Å². The normalized spacial score (nSPS) is 32.8. The number of rotatable bonds is 16. The first-order chi connectivity index (χ1) is 30.4. The minimum atomic E-state index is -1.44. The van der Waals surface area contributed by atoms with Gasteiger partial charge in [-0.3, -0.25) is 0 Å². The molecule has 3 aromatic carbocycles. The predicted octanol–water partition coefficient (Wildman–Crippen LogP) is 7.37. The Morgan fingerprint density at radius 1 is 0.603 bits per heavy atom. The van der Waals surface area contributed by atoms with Crippen LogP contribution in [0.2, 0.25) is 0 Å². The third-order valence-electron chi connectivity index (χ3n) is 12.2. The van der Waals surface area contributed by atoms with Gasteiger partial charge in [0.15, 0.2) is 18.7 Å². The van der Waals surface area contributed by atoms with Gasteiger partial charge >= 0.3 is 17.9 Å². The van der Waals surface area contributed by atoms with E-state index >= 15 is 0 Å². The molecule has 3 aliphatic rings. The standard InChI is InChI=1S/C45H54N6O12/c1-25-26(2)36(49-51-47)44(60-33(25)23-57-41(52)31-18-12-8-13-19-31)62-38-28(4)39(56-22-30-16-10-7-11-17-30)45(63-40(38)43(54)55-6)61-37-27(3)35(48-50-46)29(5)59-34(37)24-58-42(53)32-20-14-9-15-21-32/h7-21,25-29,33-40,44-45H,22-24H2,1-6H3/t25-,26-,27+,28-,29?,33?,34?,35?,36?,37-,38-,39?,40?,44-,45+/m0/s1. The molecule has 63 heavy (non-hydrogen) atoms. The van der Waals surface area contributed by atoms with Crippen molar-refractivity contribution in [3.05, 3.63) is 129 Å². The van der Waals surface area contributed by atoms with Crippen LogP contribution in [0, 0.1) is 23.7 Å². The van der Waals surface area contributed by atoms with Crippen LogP contribution in [0.5, 0.6) is 0 Å². The average molecular weight is 871 g/mol. The minimum Gasteiger partial charge on any atom is -0.467 e. The highest BCUT2D eigenvalue weighted by Crippen LogP contribution is 2.40. The second-order valence-corrected chi connectivity index (χ2v) is 16.1. The van der Waals surface area contributed by atoms with Gasteiger partial charge in [0, 0.05) is 15.7 Å². The number of methoxy groups -OCH3 is 1. The molecule has 6 rings (SSSR count). The molecule has 0 bridgehead atoms.